The Morgan fingerprint density at radius 2 is 1.95 bits per heavy atom. The van der Waals surface area contributed by atoms with Crippen molar-refractivity contribution in [2.45, 2.75) is 77.9 Å². The minimum atomic E-state index is 0.426. The highest BCUT2D eigenvalue weighted by Gasteiger charge is 2.61. The van der Waals surface area contributed by atoms with Gasteiger partial charge in [-0.05, 0) is 68.2 Å². The van der Waals surface area contributed by atoms with E-state index in [1.165, 1.54) is 44.9 Å². The zero-order valence-corrected chi connectivity index (χ0v) is 13.9. The van der Waals surface area contributed by atoms with Crippen LogP contribution in [0.2, 0.25) is 0 Å². The van der Waals surface area contributed by atoms with Gasteiger partial charge in [0.1, 0.15) is 0 Å². The minimum Gasteiger partial charge on any atom is -0.378 e. The standard InChI is InChI=1S/C18H33NO/c1-17(2)14-8-10-18(17,3)16(12-14)20-11-9-13-6-5-7-15(13)19-4/h13-16,19H,5-12H2,1-4H3. The quantitative estimate of drug-likeness (QED) is 0.821. The average molecular weight is 279 g/mol. The second-order valence-corrected chi connectivity index (χ2v) is 8.34. The van der Waals surface area contributed by atoms with E-state index in [2.05, 4.69) is 33.1 Å². The van der Waals surface area contributed by atoms with Crippen LogP contribution in [0, 0.1) is 22.7 Å². The summed E-state index contributed by atoms with van der Waals surface area (Å²) >= 11 is 0. The van der Waals surface area contributed by atoms with Gasteiger partial charge in [0, 0.05) is 12.6 Å². The monoisotopic (exact) mass is 279 g/mol. The maximum Gasteiger partial charge on any atom is 0.0636 e. The van der Waals surface area contributed by atoms with Crippen LogP contribution in [0.15, 0.2) is 0 Å². The summed E-state index contributed by atoms with van der Waals surface area (Å²) < 4.78 is 6.40. The third kappa shape index (κ3) is 2.14. The summed E-state index contributed by atoms with van der Waals surface area (Å²) in [4.78, 5) is 0. The highest BCUT2D eigenvalue weighted by atomic mass is 16.5. The fourth-order valence-electron chi connectivity index (χ4n) is 5.51. The van der Waals surface area contributed by atoms with Crippen molar-refractivity contribution in [3.63, 3.8) is 0 Å². The Morgan fingerprint density at radius 3 is 2.55 bits per heavy atom. The van der Waals surface area contributed by atoms with Gasteiger partial charge in [0.15, 0.2) is 0 Å². The van der Waals surface area contributed by atoms with Crippen molar-refractivity contribution in [3.8, 4) is 0 Å². The summed E-state index contributed by atoms with van der Waals surface area (Å²) in [7, 11) is 2.11. The lowest BCUT2D eigenvalue weighted by molar-refractivity contribution is -0.0505. The summed E-state index contributed by atoms with van der Waals surface area (Å²) in [6.45, 7) is 8.41. The van der Waals surface area contributed by atoms with E-state index in [1.807, 2.05) is 0 Å². The molecule has 0 aromatic rings. The van der Waals surface area contributed by atoms with Gasteiger partial charge in [0.25, 0.3) is 0 Å². The Balaban J connectivity index is 1.51. The third-order valence-electron chi connectivity index (χ3n) is 7.55. The number of hydrogen-bond donors (Lipinski definition) is 1. The highest BCUT2D eigenvalue weighted by Crippen LogP contribution is 2.66. The van der Waals surface area contributed by atoms with Gasteiger partial charge in [-0.2, -0.15) is 0 Å². The van der Waals surface area contributed by atoms with Crippen LogP contribution in [-0.2, 0) is 4.74 Å². The molecule has 0 saturated heterocycles. The maximum atomic E-state index is 6.40. The van der Waals surface area contributed by atoms with Crippen molar-refractivity contribution >= 4 is 0 Å². The normalized spacial score (nSPS) is 46.2. The van der Waals surface area contributed by atoms with E-state index in [0.717, 1.165) is 24.5 Å². The lowest BCUT2D eigenvalue weighted by atomic mass is 9.70. The molecular weight excluding hydrogens is 246 g/mol. The summed E-state index contributed by atoms with van der Waals surface area (Å²) in [6, 6.07) is 0.741. The van der Waals surface area contributed by atoms with Gasteiger partial charge < -0.3 is 10.1 Å². The molecule has 0 amide bonds. The van der Waals surface area contributed by atoms with Crippen LogP contribution >= 0.6 is 0 Å². The first-order valence-corrected chi connectivity index (χ1v) is 8.78. The molecule has 0 aromatic carbocycles. The molecule has 3 saturated carbocycles. The Hall–Kier alpha value is -0.0800. The van der Waals surface area contributed by atoms with Crippen molar-refractivity contribution in [1.29, 1.82) is 0 Å². The van der Waals surface area contributed by atoms with Crippen LogP contribution in [0.3, 0.4) is 0 Å². The largest absolute Gasteiger partial charge is 0.378 e. The van der Waals surface area contributed by atoms with Gasteiger partial charge in [-0.3, -0.25) is 0 Å². The topological polar surface area (TPSA) is 21.3 Å². The Morgan fingerprint density at radius 1 is 1.15 bits per heavy atom. The summed E-state index contributed by atoms with van der Waals surface area (Å²) in [5.74, 6) is 1.74. The molecular formula is C18H33NO. The predicted molar refractivity (Wildman–Crippen MR) is 83.8 cm³/mol. The first-order valence-electron chi connectivity index (χ1n) is 8.78. The molecule has 116 valence electrons. The van der Waals surface area contributed by atoms with Crippen molar-refractivity contribution < 1.29 is 4.74 Å². The van der Waals surface area contributed by atoms with Gasteiger partial charge in [0.05, 0.1) is 6.10 Å². The van der Waals surface area contributed by atoms with Crippen LogP contribution in [0.5, 0.6) is 0 Å². The second-order valence-electron chi connectivity index (χ2n) is 8.34. The lowest BCUT2D eigenvalue weighted by Gasteiger charge is -2.39. The van der Waals surface area contributed by atoms with E-state index in [9.17, 15) is 0 Å². The van der Waals surface area contributed by atoms with Crippen LogP contribution in [-0.4, -0.2) is 25.8 Å². The first kappa shape index (κ1) is 14.8. The lowest BCUT2D eigenvalue weighted by Crippen LogP contribution is -2.37. The number of nitrogens with one attached hydrogen (secondary N) is 1. The molecule has 3 fully saturated rings. The van der Waals surface area contributed by atoms with E-state index in [4.69, 9.17) is 4.74 Å². The summed E-state index contributed by atoms with van der Waals surface area (Å²) in [6.07, 6.45) is 10.0. The summed E-state index contributed by atoms with van der Waals surface area (Å²) in [5.41, 5.74) is 0.911. The molecule has 0 aromatic heterocycles. The molecule has 2 heteroatoms. The van der Waals surface area contributed by atoms with Crippen LogP contribution in [0.25, 0.3) is 0 Å². The van der Waals surface area contributed by atoms with Gasteiger partial charge in [-0.15, -0.1) is 0 Å². The Bertz CT molecular complexity index is 353. The molecule has 3 aliphatic rings. The van der Waals surface area contributed by atoms with Gasteiger partial charge in [0.2, 0.25) is 0 Å². The molecule has 0 spiro atoms. The molecule has 0 aliphatic heterocycles. The molecule has 3 rings (SSSR count). The van der Waals surface area contributed by atoms with Gasteiger partial charge in [-0.1, -0.05) is 27.2 Å². The molecule has 2 nitrogen and oxygen atoms in total. The van der Waals surface area contributed by atoms with Gasteiger partial charge in [-0.25, -0.2) is 0 Å². The molecule has 5 atom stereocenters. The molecule has 0 heterocycles. The van der Waals surface area contributed by atoms with Crippen molar-refractivity contribution in [3.05, 3.63) is 0 Å². The SMILES string of the molecule is CNC1CCCC1CCOC1CC2CCC1(C)C2(C)C. The fraction of sp³-hybridized carbons (Fsp3) is 1.00. The number of hydrogen-bond acceptors (Lipinski definition) is 2. The van der Waals surface area contributed by atoms with Crippen molar-refractivity contribution in [1.82, 2.24) is 5.32 Å². The molecule has 2 bridgehead atoms. The second kappa shape index (κ2) is 5.28. The smallest absolute Gasteiger partial charge is 0.0636 e. The zero-order chi connectivity index (χ0) is 14.4. The van der Waals surface area contributed by atoms with Crippen molar-refractivity contribution in [2.24, 2.45) is 22.7 Å². The van der Waals surface area contributed by atoms with E-state index in [1.54, 1.807) is 0 Å². The van der Waals surface area contributed by atoms with Crippen LogP contribution in [0.4, 0.5) is 0 Å². The van der Waals surface area contributed by atoms with E-state index in [-0.39, 0.29) is 0 Å². The van der Waals surface area contributed by atoms with Crippen LogP contribution in [0.1, 0.15) is 65.7 Å². The average Bonchev–Trinajstić information content (AvgIpc) is 3.00. The predicted octanol–water partition coefficient (Wildman–Crippen LogP) is 4.00. The number of fused-ring (bicyclic) bond motifs is 2. The minimum absolute atomic E-state index is 0.426. The Labute approximate surface area is 125 Å². The van der Waals surface area contributed by atoms with Crippen molar-refractivity contribution in [2.75, 3.05) is 13.7 Å². The van der Waals surface area contributed by atoms with Crippen LogP contribution < -0.4 is 5.32 Å². The third-order valence-corrected chi connectivity index (χ3v) is 7.55. The van der Waals surface area contributed by atoms with E-state index < -0.39 is 0 Å². The Kier molecular flexibility index (Phi) is 3.92. The maximum absolute atomic E-state index is 6.40. The fourth-order valence-corrected chi connectivity index (χ4v) is 5.51. The first-order chi connectivity index (χ1) is 9.49. The van der Waals surface area contributed by atoms with E-state index >= 15 is 0 Å². The molecule has 1 N–H and O–H groups in total. The molecule has 20 heavy (non-hydrogen) atoms. The van der Waals surface area contributed by atoms with Gasteiger partial charge >= 0.3 is 0 Å². The zero-order valence-electron chi connectivity index (χ0n) is 13.9. The number of ether oxygens (including phenoxy) is 1. The molecule has 0 radical (unpaired) electrons. The van der Waals surface area contributed by atoms with E-state index in [0.29, 0.717) is 16.9 Å². The number of rotatable bonds is 5. The molecule has 3 aliphatic carbocycles. The molecule has 5 unspecified atom stereocenters. The highest BCUT2D eigenvalue weighted by molar-refractivity contribution is 5.11. The summed E-state index contributed by atoms with van der Waals surface area (Å²) in [5, 5.41) is 3.48.